The number of hydrogen-bond donors (Lipinski definition) is 2. The summed E-state index contributed by atoms with van der Waals surface area (Å²) >= 11 is 1.96. The zero-order chi connectivity index (χ0) is 14.8. The van der Waals surface area contributed by atoms with Gasteiger partial charge in [0.15, 0.2) is 0 Å². The Hall–Kier alpha value is -0.970. The van der Waals surface area contributed by atoms with Crippen LogP contribution in [0.25, 0.3) is 0 Å². The van der Waals surface area contributed by atoms with Gasteiger partial charge in [0.25, 0.3) is 0 Å². The molecule has 1 heterocycles. The topological polar surface area (TPSA) is 49.8 Å². The maximum Gasteiger partial charge on any atom is 0.138 e. The second-order valence-corrected chi connectivity index (χ2v) is 7.76. The van der Waals surface area contributed by atoms with E-state index in [2.05, 4.69) is 54.6 Å². The largest absolute Gasteiger partial charge is 0.370 e. The van der Waals surface area contributed by atoms with Crippen molar-refractivity contribution in [1.29, 1.82) is 0 Å². The summed E-state index contributed by atoms with van der Waals surface area (Å²) in [5.41, 5.74) is -0.0430. The molecule has 112 valence electrons. The summed E-state index contributed by atoms with van der Waals surface area (Å²) in [6.07, 6.45) is 4.80. The average molecular weight is 294 g/mol. The van der Waals surface area contributed by atoms with Crippen molar-refractivity contribution in [3.8, 4) is 0 Å². The molecule has 5 heteroatoms. The summed E-state index contributed by atoms with van der Waals surface area (Å²) < 4.78 is 0.436. The Labute approximate surface area is 126 Å². The van der Waals surface area contributed by atoms with Gasteiger partial charge in [0.05, 0.1) is 0 Å². The summed E-state index contributed by atoms with van der Waals surface area (Å²) in [6.45, 7) is 10.4. The zero-order valence-electron chi connectivity index (χ0n) is 13.2. The number of thioether (sulfide) groups is 1. The first kappa shape index (κ1) is 15.4. The van der Waals surface area contributed by atoms with Crippen molar-refractivity contribution in [2.24, 2.45) is 0 Å². The summed E-state index contributed by atoms with van der Waals surface area (Å²) in [7, 11) is 0. The normalized spacial score (nSPS) is 16.9. The molecule has 1 fully saturated rings. The fourth-order valence-electron chi connectivity index (χ4n) is 1.99. The highest BCUT2D eigenvalue weighted by Gasteiger charge is 2.41. The van der Waals surface area contributed by atoms with Gasteiger partial charge in [-0.25, -0.2) is 9.97 Å². The van der Waals surface area contributed by atoms with Crippen LogP contribution in [0.1, 0.15) is 46.4 Å². The van der Waals surface area contributed by atoms with Crippen LogP contribution in [0.15, 0.2) is 6.07 Å². The van der Waals surface area contributed by atoms with Crippen LogP contribution >= 0.6 is 11.8 Å². The first-order chi connectivity index (χ1) is 9.38. The Bertz CT molecular complexity index is 463. The number of anilines is 2. The first-order valence-corrected chi connectivity index (χ1v) is 8.53. The predicted octanol–water partition coefficient (Wildman–Crippen LogP) is 3.51. The second-order valence-electron chi connectivity index (χ2n) is 6.48. The van der Waals surface area contributed by atoms with E-state index >= 15 is 0 Å². The van der Waals surface area contributed by atoms with Crippen molar-refractivity contribution >= 4 is 23.4 Å². The fraction of sp³-hybridized carbons (Fsp3) is 0.733. The molecule has 0 aromatic carbocycles. The van der Waals surface area contributed by atoms with Crippen LogP contribution in [-0.2, 0) is 5.41 Å². The third-order valence-electron chi connectivity index (χ3n) is 3.59. The smallest absolute Gasteiger partial charge is 0.138 e. The van der Waals surface area contributed by atoms with Crippen LogP contribution in [0, 0.1) is 0 Å². The van der Waals surface area contributed by atoms with E-state index in [-0.39, 0.29) is 5.41 Å². The zero-order valence-corrected chi connectivity index (χ0v) is 14.0. The minimum Gasteiger partial charge on any atom is -0.370 e. The van der Waals surface area contributed by atoms with Gasteiger partial charge < -0.3 is 10.6 Å². The highest BCUT2D eigenvalue weighted by atomic mass is 32.2. The second kappa shape index (κ2) is 5.80. The molecule has 0 radical (unpaired) electrons. The van der Waals surface area contributed by atoms with Gasteiger partial charge in [-0.15, -0.1) is 0 Å². The molecule has 1 saturated carbocycles. The van der Waals surface area contributed by atoms with E-state index in [4.69, 9.17) is 0 Å². The fourth-order valence-corrected chi connectivity index (χ4v) is 2.72. The van der Waals surface area contributed by atoms with Crippen molar-refractivity contribution in [2.75, 3.05) is 30.0 Å². The summed E-state index contributed by atoms with van der Waals surface area (Å²) in [6, 6.07) is 2.01. The summed E-state index contributed by atoms with van der Waals surface area (Å²) in [5.74, 6) is 2.72. The molecule has 20 heavy (non-hydrogen) atoms. The van der Waals surface area contributed by atoms with Gasteiger partial charge >= 0.3 is 0 Å². The lowest BCUT2D eigenvalue weighted by atomic mass is 9.96. The highest BCUT2D eigenvalue weighted by molar-refractivity contribution is 8.00. The third kappa shape index (κ3) is 3.78. The van der Waals surface area contributed by atoms with Gasteiger partial charge in [-0.3, -0.25) is 0 Å². The Kier molecular flexibility index (Phi) is 4.47. The van der Waals surface area contributed by atoms with Crippen LogP contribution in [0.5, 0.6) is 0 Å². The summed E-state index contributed by atoms with van der Waals surface area (Å²) in [4.78, 5) is 9.29. The standard InChI is InChI=1S/C15H26N4S/c1-6-16-11-9-12(17-10-15(20-5)7-8-15)19-13(18-11)14(2,3)4/h9H,6-8,10H2,1-5H3,(H2,16,17,18,19). The van der Waals surface area contributed by atoms with E-state index in [0.717, 1.165) is 30.5 Å². The number of aromatic nitrogens is 2. The molecule has 2 N–H and O–H groups in total. The van der Waals surface area contributed by atoms with Gasteiger partial charge in [0.2, 0.25) is 0 Å². The number of rotatable bonds is 6. The maximum absolute atomic E-state index is 4.68. The number of hydrogen-bond acceptors (Lipinski definition) is 5. The minimum absolute atomic E-state index is 0.0430. The first-order valence-electron chi connectivity index (χ1n) is 7.31. The lowest BCUT2D eigenvalue weighted by Crippen LogP contribution is -2.21. The minimum atomic E-state index is -0.0430. The Morgan fingerprint density at radius 2 is 1.80 bits per heavy atom. The third-order valence-corrected chi connectivity index (χ3v) is 5.01. The van der Waals surface area contributed by atoms with Crippen molar-refractivity contribution in [3.63, 3.8) is 0 Å². The highest BCUT2D eigenvalue weighted by Crippen LogP contribution is 2.47. The van der Waals surface area contributed by atoms with Crippen molar-refractivity contribution in [3.05, 3.63) is 11.9 Å². The molecule has 0 unspecified atom stereocenters. The lowest BCUT2D eigenvalue weighted by Gasteiger charge is -2.20. The molecule has 1 aromatic rings. The van der Waals surface area contributed by atoms with Crippen molar-refractivity contribution < 1.29 is 0 Å². The number of nitrogens with zero attached hydrogens (tertiary/aromatic N) is 2. The van der Waals surface area contributed by atoms with E-state index in [1.165, 1.54) is 12.8 Å². The molecule has 0 aliphatic heterocycles. The van der Waals surface area contributed by atoms with Gasteiger partial charge in [0.1, 0.15) is 17.5 Å². The van der Waals surface area contributed by atoms with Gasteiger partial charge in [0, 0.05) is 29.3 Å². The van der Waals surface area contributed by atoms with E-state index < -0.39 is 0 Å². The van der Waals surface area contributed by atoms with Crippen LogP contribution in [0.2, 0.25) is 0 Å². The molecule has 1 aliphatic carbocycles. The van der Waals surface area contributed by atoms with Crippen molar-refractivity contribution in [2.45, 2.75) is 50.7 Å². The molecule has 0 saturated heterocycles. The molecule has 1 aliphatic rings. The van der Waals surface area contributed by atoms with Gasteiger partial charge in [-0.05, 0) is 26.0 Å². The molecular formula is C15H26N4S. The molecule has 0 atom stereocenters. The average Bonchev–Trinajstić information content (AvgIpc) is 3.16. The lowest BCUT2D eigenvalue weighted by molar-refractivity contribution is 0.546. The molecular weight excluding hydrogens is 268 g/mol. The quantitative estimate of drug-likeness (QED) is 0.841. The van der Waals surface area contributed by atoms with Crippen LogP contribution in [0.4, 0.5) is 11.6 Å². The van der Waals surface area contributed by atoms with Crippen LogP contribution < -0.4 is 10.6 Å². The van der Waals surface area contributed by atoms with E-state index in [1.807, 2.05) is 17.8 Å². The molecule has 1 aromatic heterocycles. The Balaban J connectivity index is 2.16. The van der Waals surface area contributed by atoms with Gasteiger partial charge in [-0.1, -0.05) is 20.8 Å². The van der Waals surface area contributed by atoms with Gasteiger partial charge in [-0.2, -0.15) is 11.8 Å². The van der Waals surface area contributed by atoms with Crippen LogP contribution in [-0.4, -0.2) is 34.1 Å². The molecule has 4 nitrogen and oxygen atoms in total. The SMILES string of the molecule is CCNc1cc(NCC2(SC)CC2)nc(C(C)(C)C)n1. The van der Waals surface area contributed by atoms with Crippen LogP contribution in [0.3, 0.4) is 0 Å². The molecule has 0 bridgehead atoms. The predicted molar refractivity (Wildman–Crippen MR) is 88.9 cm³/mol. The van der Waals surface area contributed by atoms with E-state index in [9.17, 15) is 0 Å². The van der Waals surface area contributed by atoms with E-state index in [0.29, 0.717) is 4.75 Å². The Morgan fingerprint density at radius 3 is 2.25 bits per heavy atom. The maximum atomic E-state index is 4.68. The van der Waals surface area contributed by atoms with Crippen molar-refractivity contribution in [1.82, 2.24) is 9.97 Å². The molecule has 0 spiro atoms. The molecule has 0 amide bonds. The van der Waals surface area contributed by atoms with E-state index in [1.54, 1.807) is 0 Å². The number of nitrogens with one attached hydrogen (secondary N) is 2. The molecule has 2 rings (SSSR count). The Morgan fingerprint density at radius 1 is 1.20 bits per heavy atom. The monoisotopic (exact) mass is 294 g/mol. The summed E-state index contributed by atoms with van der Waals surface area (Å²) in [5, 5.41) is 6.79.